The minimum Gasteiger partial charge on any atom is -0.496 e. The molecule has 14 heteroatoms. The van der Waals surface area contributed by atoms with E-state index in [1.807, 2.05) is 41.3 Å². The number of unbranched alkanes of at least 4 members (excludes halogenated alkanes) is 10. The molecule has 0 aromatic heterocycles. The number of allylic oxidation sites excluding steroid dienone is 1. The van der Waals surface area contributed by atoms with E-state index in [2.05, 4.69) is 19.6 Å². The summed E-state index contributed by atoms with van der Waals surface area (Å²) in [6, 6.07) is 16.1. The van der Waals surface area contributed by atoms with Crippen molar-refractivity contribution in [2.24, 2.45) is 22.9 Å². The third kappa shape index (κ3) is 13.2. The third-order valence-electron chi connectivity index (χ3n) is 15.6. The molecule has 7 atom stereocenters. The minimum atomic E-state index is -1.45. The van der Waals surface area contributed by atoms with Gasteiger partial charge in [0.15, 0.2) is 17.8 Å². The van der Waals surface area contributed by atoms with Crippen molar-refractivity contribution in [2.75, 3.05) is 40.3 Å². The van der Waals surface area contributed by atoms with Crippen molar-refractivity contribution >= 4 is 17.9 Å². The quantitative estimate of drug-likeness (QED) is 0.0281. The summed E-state index contributed by atoms with van der Waals surface area (Å²) in [6.07, 6.45) is 22.2. The molecule has 3 aromatic rings. The second-order valence-corrected chi connectivity index (χ2v) is 20.6. The number of hydrogen-bond acceptors (Lipinski definition) is 13. The number of fused-ring (bicyclic) bond motifs is 3. The SMILES string of the molecule is C=CCOC12Oc3ccc(Oc4ccc(OC)c(C=O)c4)cc3C3C(CCCCO)C(CCCCO)C=C(C(=NOC4CCCCO4)CC1N(Cc1ccc4c(c1)OCO4)C(=O)CCCCCCCCCCC)C32. The lowest BCUT2D eigenvalue weighted by Gasteiger charge is -2.60. The van der Waals surface area contributed by atoms with Crippen molar-refractivity contribution in [3.05, 3.63) is 95.6 Å². The maximum Gasteiger partial charge on any atom is 0.239 e. The number of aldehydes is 1. The molecule has 402 valence electrons. The van der Waals surface area contributed by atoms with Crippen LogP contribution in [0.3, 0.4) is 0 Å². The summed E-state index contributed by atoms with van der Waals surface area (Å²) in [4.78, 5) is 35.9. The Morgan fingerprint density at radius 2 is 1.61 bits per heavy atom. The summed E-state index contributed by atoms with van der Waals surface area (Å²) in [7, 11) is 1.53. The summed E-state index contributed by atoms with van der Waals surface area (Å²) >= 11 is 0. The Hall–Kier alpha value is -5.41. The van der Waals surface area contributed by atoms with Gasteiger partial charge in [-0.25, -0.2) is 0 Å². The zero-order chi connectivity index (χ0) is 51.7. The summed E-state index contributed by atoms with van der Waals surface area (Å²) in [6.45, 7) is 7.62. The number of rotatable bonds is 30. The highest BCUT2D eigenvalue weighted by Gasteiger charge is 2.65. The summed E-state index contributed by atoms with van der Waals surface area (Å²) < 4.78 is 44.6. The maximum absolute atomic E-state index is 15.5. The highest BCUT2D eigenvalue weighted by Crippen LogP contribution is 2.62. The van der Waals surface area contributed by atoms with Crippen LogP contribution in [0.2, 0.25) is 0 Å². The molecule has 3 aliphatic heterocycles. The van der Waals surface area contributed by atoms with Crippen LogP contribution in [-0.2, 0) is 25.7 Å². The van der Waals surface area contributed by atoms with Crippen molar-refractivity contribution in [2.45, 2.75) is 166 Å². The Labute approximate surface area is 438 Å². The number of ether oxygens (including phenoxy) is 7. The Balaban J connectivity index is 1.27. The Morgan fingerprint density at radius 3 is 2.35 bits per heavy atom. The van der Waals surface area contributed by atoms with Crippen molar-refractivity contribution in [1.29, 1.82) is 0 Å². The molecule has 2 N–H and O–H groups in total. The zero-order valence-electron chi connectivity index (χ0n) is 43.9. The van der Waals surface area contributed by atoms with Gasteiger partial charge >= 0.3 is 0 Å². The molecule has 2 aliphatic carbocycles. The van der Waals surface area contributed by atoms with Gasteiger partial charge in [-0.3, -0.25) is 9.59 Å². The maximum atomic E-state index is 15.5. The lowest BCUT2D eigenvalue weighted by atomic mass is 9.55. The van der Waals surface area contributed by atoms with Crippen molar-refractivity contribution in [3.8, 4) is 34.5 Å². The number of methoxy groups -OCH3 is 1. The van der Waals surface area contributed by atoms with Crippen LogP contribution in [0.4, 0.5) is 0 Å². The van der Waals surface area contributed by atoms with Crippen LogP contribution in [0.5, 0.6) is 34.5 Å². The van der Waals surface area contributed by atoms with Crippen LogP contribution in [-0.4, -0.2) is 91.5 Å². The molecule has 1 saturated carbocycles. The molecular formula is C60H80N2O12. The second-order valence-electron chi connectivity index (χ2n) is 20.6. The fourth-order valence-electron chi connectivity index (χ4n) is 12.0. The molecular weight excluding hydrogens is 941 g/mol. The lowest BCUT2D eigenvalue weighted by molar-refractivity contribution is -0.258. The number of amides is 1. The first-order chi connectivity index (χ1) is 36.3. The molecule has 74 heavy (non-hydrogen) atoms. The van der Waals surface area contributed by atoms with E-state index in [0.717, 1.165) is 87.2 Å². The molecule has 0 bridgehead atoms. The molecule has 5 aliphatic rings. The van der Waals surface area contributed by atoms with Gasteiger partial charge in [0.25, 0.3) is 0 Å². The van der Waals surface area contributed by atoms with Crippen LogP contribution in [0.25, 0.3) is 0 Å². The summed E-state index contributed by atoms with van der Waals surface area (Å²) in [5.41, 5.74) is 3.81. The molecule has 3 aromatic carbocycles. The highest BCUT2D eigenvalue weighted by molar-refractivity contribution is 6.03. The summed E-state index contributed by atoms with van der Waals surface area (Å²) in [5.74, 6) is 1.15. The highest BCUT2D eigenvalue weighted by atomic mass is 16.8. The van der Waals surface area contributed by atoms with Crippen molar-refractivity contribution < 1.29 is 57.8 Å². The average molecular weight is 1020 g/mol. The van der Waals surface area contributed by atoms with Crippen LogP contribution in [0.1, 0.15) is 163 Å². The van der Waals surface area contributed by atoms with Crippen LogP contribution in [0.15, 0.2) is 84.1 Å². The number of nitrogens with zero attached hydrogens (tertiary/aromatic N) is 2. The molecule has 8 rings (SSSR count). The molecule has 7 unspecified atom stereocenters. The van der Waals surface area contributed by atoms with Gasteiger partial charge in [-0.2, -0.15) is 0 Å². The number of benzene rings is 3. The number of aliphatic hydroxyl groups excluding tert-OH is 2. The largest absolute Gasteiger partial charge is 0.496 e. The number of carbonyl (C=O) groups is 2. The first-order valence-electron chi connectivity index (χ1n) is 27.7. The zero-order valence-corrected chi connectivity index (χ0v) is 43.9. The van der Waals surface area contributed by atoms with E-state index >= 15 is 4.79 Å². The molecule has 3 heterocycles. The van der Waals surface area contributed by atoms with E-state index in [1.165, 1.54) is 39.2 Å². The Bertz CT molecular complexity index is 2380. The van der Waals surface area contributed by atoms with Gasteiger partial charge in [-0.1, -0.05) is 94.5 Å². The van der Waals surface area contributed by atoms with Gasteiger partial charge < -0.3 is 53.1 Å². The fourth-order valence-corrected chi connectivity index (χ4v) is 12.0. The number of hydrogen-bond donors (Lipinski definition) is 2. The Kier molecular flexibility index (Phi) is 20.3. The molecule has 1 amide bonds. The van der Waals surface area contributed by atoms with Crippen LogP contribution < -0.4 is 23.7 Å². The second kappa shape index (κ2) is 27.4. The topological polar surface area (TPSA) is 164 Å². The predicted molar refractivity (Wildman–Crippen MR) is 283 cm³/mol. The number of aliphatic hydroxyl groups is 2. The average Bonchev–Trinajstić information content (AvgIpc) is 3.93. The molecule has 0 radical (unpaired) electrons. The minimum absolute atomic E-state index is 0.00355. The first kappa shape index (κ1) is 54.8. The molecule has 14 nitrogen and oxygen atoms in total. The molecule has 1 saturated heterocycles. The fraction of sp³-hybridized carbons (Fsp3) is 0.583. The Morgan fingerprint density at radius 1 is 0.865 bits per heavy atom. The van der Waals surface area contributed by atoms with Gasteiger partial charge in [-0.05, 0) is 116 Å². The number of carbonyl (C=O) groups excluding carboxylic acids is 2. The van der Waals surface area contributed by atoms with E-state index < -0.39 is 24.0 Å². The van der Waals surface area contributed by atoms with E-state index in [-0.39, 0.29) is 63.2 Å². The molecule has 0 spiro atoms. The van der Waals surface area contributed by atoms with E-state index in [9.17, 15) is 15.0 Å². The van der Waals surface area contributed by atoms with Crippen LogP contribution >= 0.6 is 0 Å². The standard InChI is InChI=1S/C60H80N2O12/c1-4-6-7-8-9-10-11-12-13-22-56(66)62(39-42-24-27-53-54(34-42)70-41-69-53)55-38-50(61-74-57-23-16-19-33-68-57)48-36-43(20-14-17-30-63)47(21-15-18-31-64)58-49-37-46(72-45-25-28-51(67-3)44(35-45)40-65)26-29-52(49)73-60(55,59(48)58)71-32-5-2/h5,24-29,34-37,40,43,47,55,57-59,63-64H,2,4,6-23,30-33,38-39,41H2,1,3H3. The number of oxime groups is 1. The van der Waals surface area contributed by atoms with E-state index in [1.54, 1.807) is 24.3 Å². The van der Waals surface area contributed by atoms with E-state index in [4.69, 9.17) is 43.2 Å². The smallest absolute Gasteiger partial charge is 0.239 e. The van der Waals surface area contributed by atoms with Gasteiger partial charge in [0.1, 0.15) is 29.0 Å². The predicted octanol–water partition coefficient (Wildman–Crippen LogP) is 12.1. The lowest BCUT2D eigenvalue weighted by Crippen LogP contribution is -2.70. The van der Waals surface area contributed by atoms with Gasteiger partial charge in [0, 0.05) is 50.5 Å². The first-order valence-corrected chi connectivity index (χ1v) is 27.7. The van der Waals surface area contributed by atoms with Crippen LogP contribution in [0, 0.1) is 17.8 Å². The molecule has 2 fully saturated rings. The van der Waals surface area contributed by atoms with Gasteiger partial charge in [-0.15, -0.1) is 6.58 Å². The third-order valence-corrected chi connectivity index (χ3v) is 15.6. The van der Waals surface area contributed by atoms with Crippen molar-refractivity contribution in [3.63, 3.8) is 0 Å². The normalized spacial score (nSPS) is 24.0. The van der Waals surface area contributed by atoms with Crippen molar-refractivity contribution in [1.82, 2.24) is 4.90 Å². The summed E-state index contributed by atoms with van der Waals surface area (Å²) in [5, 5.41) is 25.3. The monoisotopic (exact) mass is 1020 g/mol. The van der Waals surface area contributed by atoms with Gasteiger partial charge in [0.2, 0.25) is 24.8 Å². The van der Waals surface area contributed by atoms with E-state index in [0.29, 0.717) is 78.1 Å². The van der Waals surface area contributed by atoms with Gasteiger partial charge in [0.05, 0.1) is 37.5 Å².